The van der Waals surface area contributed by atoms with Gasteiger partial charge in [-0.3, -0.25) is 19.3 Å². The molecule has 0 aromatic heterocycles. The van der Waals surface area contributed by atoms with E-state index in [4.69, 9.17) is 0 Å². The minimum atomic E-state index is 0.116. The molecule has 106 valence electrons. The fourth-order valence-corrected chi connectivity index (χ4v) is 2.39. The van der Waals surface area contributed by atoms with Crippen LogP contribution in [0.3, 0.4) is 0 Å². The topological polar surface area (TPSA) is 64.2 Å². The molecule has 0 aliphatic carbocycles. The molecule has 2 rings (SSSR count). The van der Waals surface area contributed by atoms with Gasteiger partial charge in [-0.15, -0.1) is 0 Å². The molecule has 7 heteroatoms. The van der Waals surface area contributed by atoms with Crippen LogP contribution in [0.2, 0.25) is 0 Å². The minimum Gasteiger partial charge on any atom is -0.343 e. The third-order valence-electron chi connectivity index (χ3n) is 3.73. The van der Waals surface area contributed by atoms with E-state index in [-0.39, 0.29) is 5.91 Å². The highest BCUT2D eigenvalue weighted by Crippen LogP contribution is 2.04. The summed E-state index contributed by atoms with van der Waals surface area (Å²) in [6, 6.07) is 0. The predicted octanol–water partition coefficient (Wildman–Crippen LogP) is -1.94. The first-order chi connectivity index (χ1) is 9.22. The largest absolute Gasteiger partial charge is 0.343 e. The summed E-state index contributed by atoms with van der Waals surface area (Å²) in [5, 5.41) is 0. The van der Waals surface area contributed by atoms with Crippen LogP contribution in [0.5, 0.6) is 0 Å². The van der Waals surface area contributed by atoms with E-state index in [9.17, 15) is 14.4 Å². The summed E-state index contributed by atoms with van der Waals surface area (Å²) in [5.41, 5.74) is 0. The molecule has 0 spiro atoms. The van der Waals surface area contributed by atoms with Crippen molar-refractivity contribution in [2.75, 3.05) is 58.9 Å². The zero-order valence-corrected chi connectivity index (χ0v) is 11.0. The fraction of sp³-hybridized carbons (Fsp3) is 0.750. The Labute approximate surface area is 112 Å². The van der Waals surface area contributed by atoms with Gasteiger partial charge in [0.2, 0.25) is 18.7 Å². The molecule has 2 aliphatic heterocycles. The third-order valence-corrected chi connectivity index (χ3v) is 3.73. The van der Waals surface area contributed by atoms with Crippen molar-refractivity contribution in [1.29, 1.82) is 0 Å². The zero-order chi connectivity index (χ0) is 13.7. The molecule has 0 aromatic rings. The van der Waals surface area contributed by atoms with Gasteiger partial charge >= 0.3 is 0 Å². The lowest BCUT2D eigenvalue weighted by Gasteiger charge is -2.36. The van der Waals surface area contributed by atoms with Gasteiger partial charge in [-0.05, 0) is 0 Å². The molecule has 0 aromatic carbocycles. The van der Waals surface area contributed by atoms with E-state index < -0.39 is 0 Å². The predicted molar refractivity (Wildman–Crippen MR) is 68.3 cm³/mol. The van der Waals surface area contributed by atoms with Crippen LogP contribution >= 0.6 is 0 Å². The van der Waals surface area contributed by atoms with Crippen molar-refractivity contribution >= 4 is 18.7 Å². The van der Waals surface area contributed by atoms with E-state index >= 15 is 0 Å². The maximum absolute atomic E-state index is 12.1. The van der Waals surface area contributed by atoms with E-state index in [0.717, 1.165) is 25.9 Å². The number of carbonyl (C=O) groups excluding carboxylic acids is 3. The van der Waals surface area contributed by atoms with Crippen molar-refractivity contribution in [1.82, 2.24) is 19.6 Å². The molecule has 2 aliphatic rings. The van der Waals surface area contributed by atoms with E-state index in [1.54, 1.807) is 9.80 Å². The summed E-state index contributed by atoms with van der Waals surface area (Å²) in [5.74, 6) is 0.116. The zero-order valence-electron chi connectivity index (χ0n) is 11.0. The van der Waals surface area contributed by atoms with Crippen LogP contribution in [-0.4, -0.2) is 97.2 Å². The van der Waals surface area contributed by atoms with Gasteiger partial charge in [0, 0.05) is 52.4 Å². The molecule has 2 heterocycles. The molecule has 0 unspecified atom stereocenters. The van der Waals surface area contributed by atoms with Crippen molar-refractivity contribution in [3.8, 4) is 0 Å². The second kappa shape index (κ2) is 6.51. The fourth-order valence-electron chi connectivity index (χ4n) is 2.39. The molecule has 19 heavy (non-hydrogen) atoms. The molecule has 0 N–H and O–H groups in total. The molecular weight excluding hydrogens is 248 g/mol. The van der Waals surface area contributed by atoms with Crippen molar-refractivity contribution in [3.63, 3.8) is 0 Å². The molecule has 2 fully saturated rings. The summed E-state index contributed by atoms with van der Waals surface area (Å²) in [6.45, 7) is 5.76. The Balaban J connectivity index is 1.73. The average molecular weight is 268 g/mol. The van der Waals surface area contributed by atoms with Crippen molar-refractivity contribution in [2.45, 2.75) is 0 Å². The monoisotopic (exact) mass is 268 g/mol. The Bertz CT molecular complexity index is 334. The number of amides is 3. The van der Waals surface area contributed by atoms with Gasteiger partial charge in [-0.1, -0.05) is 0 Å². The van der Waals surface area contributed by atoms with Crippen molar-refractivity contribution in [2.24, 2.45) is 0 Å². The Morgan fingerprint density at radius 2 is 1.26 bits per heavy atom. The third kappa shape index (κ3) is 3.66. The van der Waals surface area contributed by atoms with Gasteiger partial charge < -0.3 is 14.7 Å². The van der Waals surface area contributed by atoms with Crippen LogP contribution < -0.4 is 0 Å². The SMILES string of the molecule is O=CN1CCN(CC(=O)N2CCN(C=O)CC2)CC1. The molecular formula is C12H20N4O3. The molecule has 0 radical (unpaired) electrons. The van der Waals surface area contributed by atoms with Crippen LogP contribution in [0.1, 0.15) is 0 Å². The molecule has 2 saturated heterocycles. The lowest BCUT2D eigenvalue weighted by atomic mass is 10.3. The molecule has 0 atom stereocenters. The smallest absolute Gasteiger partial charge is 0.236 e. The van der Waals surface area contributed by atoms with Gasteiger partial charge in [-0.25, -0.2) is 0 Å². The summed E-state index contributed by atoms with van der Waals surface area (Å²) in [4.78, 5) is 40.6. The van der Waals surface area contributed by atoms with Crippen LogP contribution in [0.4, 0.5) is 0 Å². The number of piperazine rings is 2. The summed E-state index contributed by atoms with van der Waals surface area (Å²) < 4.78 is 0. The minimum absolute atomic E-state index is 0.116. The highest BCUT2D eigenvalue weighted by Gasteiger charge is 2.23. The van der Waals surface area contributed by atoms with Gasteiger partial charge in [0.15, 0.2) is 0 Å². The first kappa shape index (κ1) is 13.8. The first-order valence-corrected chi connectivity index (χ1v) is 6.62. The maximum Gasteiger partial charge on any atom is 0.236 e. The molecule has 3 amide bonds. The second-order valence-electron chi connectivity index (χ2n) is 4.94. The van der Waals surface area contributed by atoms with E-state index in [0.29, 0.717) is 45.8 Å². The Hall–Kier alpha value is -1.63. The second-order valence-corrected chi connectivity index (χ2v) is 4.94. The molecule has 0 bridgehead atoms. The van der Waals surface area contributed by atoms with E-state index in [2.05, 4.69) is 4.90 Å². The summed E-state index contributed by atoms with van der Waals surface area (Å²) in [6.07, 6.45) is 1.69. The highest BCUT2D eigenvalue weighted by molar-refractivity contribution is 5.78. The Morgan fingerprint density at radius 1 is 0.789 bits per heavy atom. The molecule has 0 saturated carbocycles. The summed E-state index contributed by atoms with van der Waals surface area (Å²) >= 11 is 0. The van der Waals surface area contributed by atoms with Gasteiger partial charge in [0.1, 0.15) is 0 Å². The lowest BCUT2D eigenvalue weighted by Crippen LogP contribution is -2.53. The van der Waals surface area contributed by atoms with Gasteiger partial charge in [-0.2, -0.15) is 0 Å². The Kier molecular flexibility index (Phi) is 4.73. The standard InChI is InChI=1S/C12H20N4O3/c17-10-14-3-1-13(2-4-14)9-12(19)16-7-5-15(11-18)6-8-16/h10-11H,1-9H2. The lowest BCUT2D eigenvalue weighted by molar-refractivity contribution is -0.136. The number of hydrogen-bond donors (Lipinski definition) is 0. The normalized spacial score (nSPS) is 21.4. The highest BCUT2D eigenvalue weighted by atomic mass is 16.2. The number of hydrogen-bond acceptors (Lipinski definition) is 4. The van der Waals surface area contributed by atoms with Crippen LogP contribution in [-0.2, 0) is 14.4 Å². The average Bonchev–Trinajstić information content (AvgIpc) is 2.48. The maximum atomic E-state index is 12.1. The summed E-state index contributed by atoms with van der Waals surface area (Å²) in [7, 11) is 0. The van der Waals surface area contributed by atoms with Crippen LogP contribution in [0, 0.1) is 0 Å². The molecule has 7 nitrogen and oxygen atoms in total. The van der Waals surface area contributed by atoms with Crippen LogP contribution in [0.25, 0.3) is 0 Å². The first-order valence-electron chi connectivity index (χ1n) is 6.62. The van der Waals surface area contributed by atoms with Gasteiger partial charge in [0.25, 0.3) is 0 Å². The number of carbonyl (C=O) groups is 3. The van der Waals surface area contributed by atoms with E-state index in [1.807, 2.05) is 4.90 Å². The van der Waals surface area contributed by atoms with Gasteiger partial charge in [0.05, 0.1) is 6.54 Å². The van der Waals surface area contributed by atoms with E-state index in [1.165, 1.54) is 0 Å². The quantitative estimate of drug-likeness (QED) is 0.557. The van der Waals surface area contributed by atoms with Crippen molar-refractivity contribution < 1.29 is 14.4 Å². The Morgan fingerprint density at radius 3 is 1.74 bits per heavy atom. The van der Waals surface area contributed by atoms with Crippen molar-refractivity contribution in [3.05, 3.63) is 0 Å². The number of nitrogens with zero attached hydrogens (tertiary/aromatic N) is 4. The number of rotatable bonds is 4. The van der Waals surface area contributed by atoms with Crippen LogP contribution in [0.15, 0.2) is 0 Å².